The fourth-order valence-electron chi connectivity index (χ4n) is 1.68. The lowest BCUT2D eigenvalue weighted by molar-refractivity contribution is 0.562. The lowest BCUT2D eigenvalue weighted by Gasteiger charge is -2.08. The molecule has 0 N–H and O–H groups in total. The van der Waals surface area contributed by atoms with Gasteiger partial charge in [-0.25, -0.2) is 14.6 Å². The van der Waals surface area contributed by atoms with Crippen molar-refractivity contribution in [3.8, 4) is 0 Å². The van der Waals surface area contributed by atoms with Gasteiger partial charge in [0.15, 0.2) is 0 Å². The van der Waals surface area contributed by atoms with E-state index in [2.05, 4.69) is 16.9 Å². The minimum Gasteiger partial charge on any atom is -0.211 e. The van der Waals surface area contributed by atoms with Gasteiger partial charge in [-0.15, -0.1) is 0 Å². The number of isocyanates is 2. The molecular weight excluding hydrogens is 216 g/mol. The van der Waals surface area contributed by atoms with Crippen LogP contribution in [-0.4, -0.2) is 12.2 Å². The van der Waals surface area contributed by atoms with E-state index in [0.29, 0.717) is 5.69 Å². The van der Waals surface area contributed by atoms with Crippen molar-refractivity contribution in [2.24, 2.45) is 9.98 Å². The third-order valence-electron chi connectivity index (χ3n) is 2.51. The first-order chi connectivity index (χ1) is 8.33. The fraction of sp³-hybridized carbons (Fsp3) is 0.385. The standard InChI is InChI=1S/C13H14N2O2/c1-2-3-6-12-11(8-14-9-16)5-4-7-13(12)15-10-17/h4-5,7H,2-3,6,8H2,1H3. The Labute approximate surface area is 100 Å². The Kier molecular flexibility index (Phi) is 5.59. The van der Waals surface area contributed by atoms with E-state index >= 15 is 0 Å². The van der Waals surface area contributed by atoms with Crippen molar-refractivity contribution in [3.05, 3.63) is 29.3 Å². The van der Waals surface area contributed by atoms with E-state index in [1.54, 1.807) is 18.2 Å². The lowest BCUT2D eigenvalue weighted by atomic mass is 10.00. The highest BCUT2D eigenvalue weighted by atomic mass is 16.1. The maximum Gasteiger partial charge on any atom is 0.240 e. The number of hydrogen-bond acceptors (Lipinski definition) is 4. The second-order valence-electron chi connectivity index (χ2n) is 3.63. The SMILES string of the molecule is CCCCc1c(CN=C=O)cccc1N=C=O. The highest BCUT2D eigenvalue weighted by Crippen LogP contribution is 2.25. The molecule has 0 aromatic heterocycles. The van der Waals surface area contributed by atoms with Crippen molar-refractivity contribution < 1.29 is 9.59 Å². The van der Waals surface area contributed by atoms with E-state index < -0.39 is 0 Å². The van der Waals surface area contributed by atoms with Crippen LogP contribution in [0.3, 0.4) is 0 Å². The molecule has 0 aliphatic carbocycles. The average Bonchev–Trinajstić information content (AvgIpc) is 2.35. The molecule has 0 amide bonds. The smallest absolute Gasteiger partial charge is 0.211 e. The molecule has 4 nitrogen and oxygen atoms in total. The molecule has 0 saturated carbocycles. The molecular formula is C13H14N2O2. The zero-order valence-electron chi connectivity index (χ0n) is 9.77. The van der Waals surface area contributed by atoms with Crippen LogP contribution < -0.4 is 0 Å². The molecule has 4 heteroatoms. The number of hydrogen-bond donors (Lipinski definition) is 0. The Bertz CT molecular complexity index is 470. The predicted octanol–water partition coefficient (Wildman–Crippen LogP) is 2.83. The summed E-state index contributed by atoms with van der Waals surface area (Å²) in [5.74, 6) is 0. The van der Waals surface area contributed by atoms with Crippen LogP contribution in [0.1, 0.15) is 30.9 Å². The quantitative estimate of drug-likeness (QED) is 0.557. The Morgan fingerprint density at radius 3 is 2.71 bits per heavy atom. The normalized spacial score (nSPS) is 9.24. The first-order valence-electron chi connectivity index (χ1n) is 5.55. The van der Waals surface area contributed by atoms with Gasteiger partial charge in [0, 0.05) is 0 Å². The van der Waals surface area contributed by atoms with E-state index in [9.17, 15) is 9.59 Å². The summed E-state index contributed by atoms with van der Waals surface area (Å²) in [6.45, 7) is 2.37. The Morgan fingerprint density at radius 1 is 1.24 bits per heavy atom. The summed E-state index contributed by atoms with van der Waals surface area (Å²) in [4.78, 5) is 27.7. The monoisotopic (exact) mass is 230 g/mol. The highest BCUT2D eigenvalue weighted by Gasteiger charge is 2.07. The van der Waals surface area contributed by atoms with Crippen molar-refractivity contribution in [1.82, 2.24) is 0 Å². The molecule has 0 heterocycles. The van der Waals surface area contributed by atoms with Crippen molar-refractivity contribution in [1.29, 1.82) is 0 Å². The molecule has 0 aliphatic heterocycles. The minimum atomic E-state index is 0.283. The fourth-order valence-corrected chi connectivity index (χ4v) is 1.68. The molecule has 0 radical (unpaired) electrons. The van der Waals surface area contributed by atoms with Crippen LogP contribution in [0.2, 0.25) is 0 Å². The van der Waals surface area contributed by atoms with E-state index in [0.717, 1.165) is 30.4 Å². The summed E-state index contributed by atoms with van der Waals surface area (Å²) >= 11 is 0. The lowest BCUT2D eigenvalue weighted by Crippen LogP contribution is -1.94. The number of unbranched alkanes of at least 4 members (excludes halogenated alkanes) is 1. The first-order valence-corrected chi connectivity index (χ1v) is 5.55. The Balaban J connectivity index is 3.12. The van der Waals surface area contributed by atoms with Crippen molar-refractivity contribution in [3.63, 3.8) is 0 Å². The number of carbonyl (C=O) groups excluding carboxylic acids is 2. The second-order valence-corrected chi connectivity index (χ2v) is 3.63. The first kappa shape index (κ1) is 13.0. The third kappa shape index (κ3) is 3.80. The zero-order valence-corrected chi connectivity index (χ0v) is 9.77. The van der Waals surface area contributed by atoms with Gasteiger partial charge in [-0.1, -0.05) is 25.5 Å². The molecule has 1 rings (SSSR count). The maximum absolute atomic E-state index is 10.3. The summed E-state index contributed by atoms with van der Waals surface area (Å²) in [5, 5.41) is 0. The van der Waals surface area contributed by atoms with Gasteiger partial charge in [0.05, 0.1) is 12.2 Å². The Morgan fingerprint density at radius 2 is 2.06 bits per heavy atom. The van der Waals surface area contributed by atoms with Crippen LogP contribution in [0, 0.1) is 0 Å². The number of nitrogens with zero attached hydrogens (tertiary/aromatic N) is 2. The molecule has 0 fully saturated rings. The molecule has 0 aliphatic rings. The number of rotatable bonds is 6. The van der Waals surface area contributed by atoms with Crippen LogP contribution in [0.25, 0.3) is 0 Å². The van der Waals surface area contributed by atoms with Gasteiger partial charge in [-0.05, 0) is 30.0 Å². The van der Waals surface area contributed by atoms with Gasteiger partial charge >= 0.3 is 0 Å². The summed E-state index contributed by atoms with van der Waals surface area (Å²) in [6, 6.07) is 5.45. The van der Waals surface area contributed by atoms with Gasteiger partial charge in [0.2, 0.25) is 12.2 Å². The predicted molar refractivity (Wildman–Crippen MR) is 64.7 cm³/mol. The van der Waals surface area contributed by atoms with E-state index in [1.165, 1.54) is 6.08 Å². The van der Waals surface area contributed by atoms with Crippen LogP contribution in [0.5, 0.6) is 0 Å². The zero-order chi connectivity index (χ0) is 12.5. The van der Waals surface area contributed by atoms with E-state index in [1.807, 2.05) is 6.07 Å². The largest absolute Gasteiger partial charge is 0.240 e. The van der Waals surface area contributed by atoms with Crippen LogP contribution in [0.15, 0.2) is 28.2 Å². The molecule has 0 unspecified atom stereocenters. The van der Waals surface area contributed by atoms with Gasteiger partial charge in [0.1, 0.15) is 0 Å². The average molecular weight is 230 g/mol. The van der Waals surface area contributed by atoms with Gasteiger partial charge in [-0.2, -0.15) is 4.99 Å². The summed E-state index contributed by atoms with van der Waals surface area (Å²) in [6.07, 6.45) is 5.94. The van der Waals surface area contributed by atoms with Gasteiger partial charge in [0.25, 0.3) is 0 Å². The van der Waals surface area contributed by atoms with Gasteiger partial charge < -0.3 is 0 Å². The van der Waals surface area contributed by atoms with Crippen LogP contribution >= 0.6 is 0 Å². The molecule has 0 bridgehead atoms. The molecule has 88 valence electrons. The topological polar surface area (TPSA) is 58.9 Å². The van der Waals surface area contributed by atoms with Gasteiger partial charge in [-0.3, -0.25) is 0 Å². The van der Waals surface area contributed by atoms with Crippen molar-refractivity contribution in [2.75, 3.05) is 0 Å². The molecule has 1 aromatic rings. The summed E-state index contributed by atoms with van der Waals surface area (Å²) in [7, 11) is 0. The molecule has 0 spiro atoms. The third-order valence-corrected chi connectivity index (χ3v) is 2.51. The number of aliphatic imine (C=N–C) groups is 2. The second kappa shape index (κ2) is 7.29. The Hall–Kier alpha value is -2.02. The molecule has 0 atom stereocenters. The molecule has 17 heavy (non-hydrogen) atoms. The summed E-state index contributed by atoms with van der Waals surface area (Å²) in [5.41, 5.74) is 2.50. The summed E-state index contributed by atoms with van der Waals surface area (Å²) < 4.78 is 0. The van der Waals surface area contributed by atoms with Crippen molar-refractivity contribution >= 4 is 17.8 Å². The maximum atomic E-state index is 10.3. The minimum absolute atomic E-state index is 0.283. The molecule has 1 aromatic carbocycles. The van der Waals surface area contributed by atoms with Crippen LogP contribution in [-0.2, 0) is 22.6 Å². The highest BCUT2D eigenvalue weighted by molar-refractivity contribution is 5.56. The van der Waals surface area contributed by atoms with Crippen LogP contribution in [0.4, 0.5) is 5.69 Å². The number of benzene rings is 1. The van der Waals surface area contributed by atoms with E-state index in [-0.39, 0.29) is 6.54 Å². The molecule has 0 saturated heterocycles. The van der Waals surface area contributed by atoms with Crippen molar-refractivity contribution in [2.45, 2.75) is 32.7 Å². The van der Waals surface area contributed by atoms with E-state index in [4.69, 9.17) is 0 Å².